The Kier molecular flexibility index (Phi) is 7.87. The number of unbranched alkanes of at least 4 members (excludes halogenated alkanes) is 2. The molecule has 0 aromatic carbocycles. The molecular weight excluding hydrogens is 274 g/mol. The van der Waals surface area contributed by atoms with Gasteiger partial charge < -0.3 is 15.8 Å². The van der Waals surface area contributed by atoms with Crippen molar-refractivity contribution in [2.75, 3.05) is 36.2 Å². The van der Waals surface area contributed by atoms with Crippen LogP contribution in [0.1, 0.15) is 36.5 Å². The first-order chi connectivity index (χ1) is 9.69. The highest BCUT2D eigenvalue weighted by Crippen LogP contribution is 2.16. The standard InChI is InChI=1S/C14H23N3O2S/c1-3-19-14(18)11-9-13(17-10-12(11)15)16-7-5-4-6-8-20-2/h9-10H,3-8,15H2,1-2H3,(H,16,17). The molecule has 0 fully saturated rings. The molecule has 0 aliphatic rings. The molecule has 0 unspecified atom stereocenters. The molecule has 1 aromatic heterocycles. The van der Waals surface area contributed by atoms with Crippen molar-refractivity contribution in [1.82, 2.24) is 4.98 Å². The van der Waals surface area contributed by atoms with Crippen LogP contribution in [0.5, 0.6) is 0 Å². The van der Waals surface area contributed by atoms with Crippen LogP contribution in [-0.2, 0) is 4.74 Å². The number of nitrogens with two attached hydrogens (primary N) is 1. The van der Waals surface area contributed by atoms with Gasteiger partial charge in [-0.2, -0.15) is 11.8 Å². The van der Waals surface area contributed by atoms with E-state index in [1.807, 2.05) is 11.8 Å². The van der Waals surface area contributed by atoms with E-state index in [-0.39, 0.29) is 0 Å². The molecule has 3 N–H and O–H groups in total. The van der Waals surface area contributed by atoms with Crippen molar-refractivity contribution in [2.45, 2.75) is 26.2 Å². The third-order valence-corrected chi connectivity index (χ3v) is 3.46. The van der Waals surface area contributed by atoms with Crippen molar-refractivity contribution >= 4 is 29.2 Å². The summed E-state index contributed by atoms with van der Waals surface area (Å²) >= 11 is 1.87. The van der Waals surface area contributed by atoms with Gasteiger partial charge in [0.05, 0.1) is 24.1 Å². The molecule has 0 amide bonds. The Balaban J connectivity index is 2.46. The summed E-state index contributed by atoms with van der Waals surface area (Å²) in [5.74, 6) is 1.45. The molecule has 5 nitrogen and oxygen atoms in total. The quantitative estimate of drug-likeness (QED) is 0.539. The Labute approximate surface area is 124 Å². The lowest BCUT2D eigenvalue weighted by atomic mass is 10.2. The zero-order valence-corrected chi connectivity index (χ0v) is 13.0. The second-order valence-corrected chi connectivity index (χ2v) is 5.34. The van der Waals surface area contributed by atoms with E-state index in [0.29, 0.717) is 23.7 Å². The van der Waals surface area contributed by atoms with E-state index in [1.54, 1.807) is 13.0 Å². The highest BCUT2D eigenvalue weighted by molar-refractivity contribution is 7.98. The van der Waals surface area contributed by atoms with Crippen LogP contribution >= 0.6 is 11.8 Å². The number of carbonyl (C=O) groups excluding carboxylic acids is 1. The zero-order chi connectivity index (χ0) is 14.8. The molecule has 112 valence electrons. The average Bonchev–Trinajstić information content (AvgIpc) is 2.44. The van der Waals surface area contributed by atoms with Crippen LogP contribution in [-0.4, -0.2) is 36.1 Å². The molecule has 0 bridgehead atoms. The largest absolute Gasteiger partial charge is 0.462 e. The minimum absolute atomic E-state index is 0.332. The predicted molar refractivity (Wildman–Crippen MR) is 85.3 cm³/mol. The van der Waals surface area contributed by atoms with Gasteiger partial charge in [0.25, 0.3) is 0 Å². The molecule has 1 heterocycles. The number of ether oxygens (including phenoxy) is 1. The Hall–Kier alpha value is -1.43. The molecule has 0 spiro atoms. The lowest BCUT2D eigenvalue weighted by molar-refractivity contribution is 0.0527. The van der Waals surface area contributed by atoms with Crippen LogP contribution in [0.15, 0.2) is 12.3 Å². The molecule has 0 aliphatic heterocycles. The highest BCUT2D eigenvalue weighted by atomic mass is 32.2. The van der Waals surface area contributed by atoms with Crippen molar-refractivity contribution in [2.24, 2.45) is 0 Å². The number of nitrogen functional groups attached to an aromatic ring is 1. The lowest BCUT2D eigenvalue weighted by Crippen LogP contribution is -2.11. The Bertz CT molecular complexity index is 427. The van der Waals surface area contributed by atoms with Crippen LogP contribution in [0.25, 0.3) is 0 Å². The van der Waals surface area contributed by atoms with Crippen LogP contribution in [0.2, 0.25) is 0 Å². The van der Waals surface area contributed by atoms with Crippen LogP contribution in [0.3, 0.4) is 0 Å². The molecule has 20 heavy (non-hydrogen) atoms. The third-order valence-electron chi connectivity index (χ3n) is 2.76. The van der Waals surface area contributed by atoms with Crippen molar-refractivity contribution in [3.63, 3.8) is 0 Å². The molecule has 0 saturated carbocycles. The van der Waals surface area contributed by atoms with Crippen molar-refractivity contribution in [3.05, 3.63) is 17.8 Å². The van der Waals surface area contributed by atoms with Gasteiger partial charge in [0, 0.05) is 6.54 Å². The van der Waals surface area contributed by atoms with Gasteiger partial charge in [-0.05, 0) is 37.8 Å². The van der Waals surface area contributed by atoms with Gasteiger partial charge in [0.15, 0.2) is 0 Å². The maximum Gasteiger partial charge on any atom is 0.340 e. The van der Waals surface area contributed by atoms with Gasteiger partial charge in [0.2, 0.25) is 0 Å². The number of carbonyl (C=O) groups is 1. The fourth-order valence-corrected chi connectivity index (χ4v) is 2.21. The number of anilines is 2. The number of aromatic nitrogens is 1. The summed E-state index contributed by atoms with van der Waals surface area (Å²) in [5.41, 5.74) is 6.45. The average molecular weight is 297 g/mol. The van der Waals surface area contributed by atoms with Crippen molar-refractivity contribution < 1.29 is 9.53 Å². The van der Waals surface area contributed by atoms with Gasteiger partial charge in [-0.25, -0.2) is 9.78 Å². The summed E-state index contributed by atoms with van der Waals surface area (Å²) in [4.78, 5) is 15.9. The molecule has 0 radical (unpaired) electrons. The van der Waals surface area contributed by atoms with Gasteiger partial charge in [-0.1, -0.05) is 6.42 Å². The Morgan fingerprint density at radius 1 is 1.45 bits per heavy atom. The first kappa shape index (κ1) is 16.6. The molecule has 0 aliphatic carbocycles. The van der Waals surface area contributed by atoms with Gasteiger partial charge in [-0.3, -0.25) is 0 Å². The molecule has 1 aromatic rings. The van der Waals surface area contributed by atoms with Crippen molar-refractivity contribution in [1.29, 1.82) is 0 Å². The fraction of sp³-hybridized carbons (Fsp3) is 0.571. The normalized spacial score (nSPS) is 10.3. The number of thioether (sulfide) groups is 1. The number of rotatable bonds is 9. The molecule has 1 rings (SSSR count). The van der Waals surface area contributed by atoms with Crippen LogP contribution in [0, 0.1) is 0 Å². The number of esters is 1. The first-order valence-electron chi connectivity index (χ1n) is 6.84. The summed E-state index contributed by atoms with van der Waals surface area (Å²) in [5, 5.41) is 3.20. The SMILES string of the molecule is CCOC(=O)c1cc(NCCCCCSC)ncc1N. The maximum atomic E-state index is 11.7. The second kappa shape index (κ2) is 9.47. The van der Waals surface area contributed by atoms with Gasteiger partial charge >= 0.3 is 5.97 Å². The number of nitrogens with zero attached hydrogens (tertiary/aromatic N) is 1. The van der Waals surface area contributed by atoms with Crippen LogP contribution in [0.4, 0.5) is 11.5 Å². The van der Waals surface area contributed by atoms with Gasteiger partial charge in [0.1, 0.15) is 5.82 Å². The highest BCUT2D eigenvalue weighted by Gasteiger charge is 2.12. The zero-order valence-electron chi connectivity index (χ0n) is 12.1. The Morgan fingerprint density at radius 2 is 2.25 bits per heavy atom. The van der Waals surface area contributed by atoms with Crippen molar-refractivity contribution in [3.8, 4) is 0 Å². The van der Waals surface area contributed by atoms with E-state index in [9.17, 15) is 4.79 Å². The Morgan fingerprint density at radius 3 is 2.95 bits per heavy atom. The van der Waals surface area contributed by atoms with E-state index in [1.165, 1.54) is 24.8 Å². The van der Waals surface area contributed by atoms with E-state index in [4.69, 9.17) is 10.5 Å². The minimum atomic E-state index is -0.407. The van der Waals surface area contributed by atoms with E-state index in [2.05, 4.69) is 16.6 Å². The van der Waals surface area contributed by atoms with Crippen LogP contribution < -0.4 is 11.1 Å². The molecule has 0 saturated heterocycles. The summed E-state index contributed by atoms with van der Waals surface area (Å²) < 4.78 is 4.96. The second-order valence-electron chi connectivity index (χ2n) is 4.36. The number of nitrogens with one attached hydrogen (secondary N) is 1. The summed E-state index contributed by atoms with van der Waals surface area (Å²) in [6.07, 6.45) is 7.11. The van der Waals surface area contributed by atoms with E-state index >= 15 is 0 Å². The van der Waals surface area contributed by atoms with E-state index in [0.717, 1.165) is 13.0 Å². The fourth-order valence-electron chi connectivity index (χ4n) is 1.71. The summed E-state index contributed by atoms with van der Waals surface area (Å²) in [7, 11) is 0. The minimum Gasteiger partial charge on any atom is -0.462 e. The first-order valence-corrected chi connectivity index (χ1v) is 8.23. The topological polar surface area (TPSA) is 77.2 Å². The smallest absolute Gasteiger partial charge is 0.340 e. The van der Waals surface area contributed by atoms with E-state index < -0.39 is 5.97 Å². The monoisotopic (exact) mass is 297 g/mol. The number of hydrogen-bond donors (Lipinski definition) is 2. The molecule has 6 heteroatoms. The number of hydrogen-bond acceptors (Lipinski definition) is 6. The third kappa shape index (κ3) is 5.69. The summed E-state index contributed by atoms with van der Waals surface area (Å²) in [6.45, 7) is 2.94. The molecule has 0 atom stereocenters. The summed E-state index contributed by atoms with van der Waals surface area (Å²) in [6, 6.07) is 1.65. The molecular formula is C14H23N3O2S. The predicted octanol–water partition coefficient (Wildman–Crippen LogP) is 2.79. The maximum absolute atomic E-state index is 11.7. The van der Waals surface area contributed by atoms with Gasteiger partial charge in [-0.15, -0.1) is 0 Å². The number of pyridine rings is 1. The lowest BCUT2D eigenvalue weighted by Gasteiger charge is -2.09.